The molecule has 36 heavy (non-hydrogen) atoms. The number of ketones is 1. The van der Waals surface area contributed by atoms with Crippen molar-refractivity contribution < 1.29 is 28.0 Å². The van der Waals surface area contributed by atoms with E-state index in [4.69, 9.17) is 0 Å². The van der Waals surface area contributed by atoms with Gasteiger partial charge in [0.2, 0.25) is 5.91 Å². The summed E-state index contributed by atoms with van der Waals surface area (Å²) in [6.07, 6.45) is 0.360. The zero-order chi connectivity index (χ0) is 26.2. The van der Waals surface area contributed by atoms with Crippen LogP contribution in [0.3, 0.4) is 0 Å². The smallest absolute Gasteiger partial charge is 0.251 e. The first-order valence-corrected chi connectivity index (χ1v) is 11.8. The number of carbonyl (C=O) groups excluding carboxylic acids is 4. The van der Waals surface area contributed by atoms with E-state index in [0.29, 0.717) is 18.5 Å². The number of nitrogens with one attached hydrogen (secondary N) is 3. The third-order valence-electron chi connectivity index (χ3n) is 5.78. The zero-order valence-corrected chi connectivity index (χ0v) is 20.2. The summed E-state index contributed by atoms with van der Waals surface area (Å²) >= 11 is 0. The average Bonchev–Trinajstić information content (AvgIpc) is 3.17. The fourth-order valence-corrected chi connectivity index (χ4v) is 3.90. The first-order chi connectivity index (χ1) is 17.1. The molecule has 0 radical (unpaired) electrons. The highest BCUT2D eigenvalue weighted by atomic mass is 19.1. The van der Waals surface area contributed by atoms with Crippen LogP contribution in [0.5, 0.6) is 0 Å². The van der Waals surface area contributed by atoms with Crippen molar-refractivity contribution in [1.82, 2.24) is 20.9 Å². The molecule has 3 N–H and O–H groups in total. The maximum Gasteiger partial charge on any atom is 0.251 e. The monoisotopic (exact) mass is 500 g/mol. The molecule has 1 unspecified atom stereocenters. The van der Waals surface area contributed by atoms with E-state index in [1.54, 1.807) is 0 Å². The van der Waals surface area contributed by atoms with Gasteiger partial charge in [-0.25, -0.2) is 8.78 Å². The molecule has 3 amide bonds. The molecule has 3 rings (SSSR count). The molecule has 2 aromatic carbocycles. The van der Waals surface area contributed by atoms with E-state index >= 15 is 0 Å². The first-order valence-electron chi connectivity index (χ1n) is 11.8. The van der Waals surface area contributed by atoms with Crippen molar-refractivity contribution in [2.75, 3.05) is 26.2 Å². The summed E-state index contributed by atoms with van der Waals surface area (Å²) in [5, 5.41) is 8.14. The number of Topliss-reactive ketones (excluding diaryl/α,β-unsaturated/α-hetero) is 1. The maximum absolute atomic E-state index is 13.2. The summed E-state index contributed by atoms with van der Waals surface area (Å²) in [4.78, 5) is 52.0. The number of nitrogens with zero attached hydrogens (tertiary/aromatic N) is 1. The van der Waals surface area contributed by atoms with Gasteiger partial charge in [-0.1, -0.05) is 13.8 Å². The number of benzene rings is 2. The van der Waals surface area contributed by atoms with Crippen molar-refractivity contribution in [1.29, 1.82) is 0 Å². The van der Waals surface area contributed by atoms with Crippen LogP contribution in [0.15, 0.2) is 48.5 Å². The predicted octanol–water partition coefficient (Wildman–Crippen LogP) is 1.91. The Bertz CT molecular complexity index is 1090. The van der Waals surface area contributed by atoms with E-state index in [9.17, 15) is 28.0 Å². The number of carbonyl (C=O) groups is 4. The molecule has 192 valence electrons. The molecule has 0 aliphatic carbocycles. The third-order valence-corrected chi connectivity index (χ3v) is 5.78. The number of likely N-dealkylation sites (tertiary alicyclic amines) is 1. The summed E-state index contributed by atoms with van der Waals surface area (Å²) in [5.74, 6) is -2.30. The Balaban J connectivity index is 1.51. The number of halogens is 2. The average molecular weight is 501 g/mol. The second-order valence-corrected chi connectivity index (χ2v) is 9.19. The van der Waals surface area contributed by atoms with Crippen LogP contribution < -0.4 is 16.0 Å². The molecular formula is C26H30F2N4O4. The van der Waals surface area contributed by atoms with Crippen molar-refractivity contribution in [3.8, 4) is 0 Å². The van der Waals surface area contributed by atoms with E-state index in [1.165, 1.54) is 48.5 Å². The topological polar surface area (TPSA) is 108 Å². The van der Waals surface area contributed by atoms with Crippen LogP contribution >= 0.6 is 0 Å². The van der Waals surface area contributed by atoms with E-state index in [-0.39, 0.29) is 42.8 Å². The normalized spacial score (nSPS) is 16.6. The quantitative estimate of drug-likeness (QED) is 0.462. The Kier molecular flexibility index (Phi) is 9.24. The van der Waals surface area contributed by atoms with E-state index in [1.807, 2.05) is 18.7 Å². The van der Waals surface area contributed by atoms with Crippen molar-refractivity contribution in [2.45, 2.75) is 32.4 Å². The molecule has 1 saturated heterocycles. The maximum atomic E-state index is 13.2. The summed E-state index contributed by atoms with van der Waals surface area (Å²) in [6.45, 7) is 4.88. The van der Waals surface area contributed by atoms with Crippen molar-refractivity contribution in [2.24, 2.45) is 5.92 Å². The lowest BCUT2D eigenvalue weighted by Crippen LogP contribution is -2.52. The Hall–Kier alpha value is -3.66. The molecule has 1 fully saturated rings. The molecule has 0 spiro atoms. The largest absolute Gasteiger partial charge is 0.351 e. The zero-order valence-electron chi connectivity index (χ0n) is 20.2. The van der Waals surface area contributed by atoms with Gasteiger partial charge in [-0.3, -0.25) is 24.1 Å². The van der Waals surface area contributed by atoms with Crippen LogP contribution in [-0.4, -0.2) is 66.7 Å². The second kappa shape index (κ2) is 12.3. The van der Waals surface area contributed by atoms with Crippen LogP contribution in [0.2, 0.25) is 0 Å². The molecule has 0 aromatic heterocycles. The van der Waals surface area contributed by atoms with Crippen LogP contribution in [0, 0.1) is 17.6 Å². The molecule has 0 bridgehead atoms. The lowest BCUT2D eigenvalue weighted by molar-refractivity contribution is -0.127. The molecule has 0 saturated carbocycles. The highest BCUT2D eigenvalue weighted by molar-refractivity contribution is 5.99. The highest BCUT2D eigenvalue weighted by Crippen LogP contribution is 2.11. The fraction of sp³-hybridized carbons (Fsp3) is 0.385. The van der Waals surface area contributed by atoms with Crippen LogP contribution in [0.4, 0.5) is 8.78 Å². The number of hydrogen-bond donors (Lipinski definition) is 3. The van der Waals surface area contributed by atoms with Gasteiger partial charge in [-0.15, -0.1) is 0 Å². The minimum atomic E-state index is -0.862. The van der Waals surface area contributed by atoms with E-state index in [0.717, 1.165) is 0 Å². The Morgan fingerprint density at radius 2 is 1.50 bits per heavy atom. The van der Waals surface area contributed by atoms with Crippen LogP contribution in [0.25, 0.3) is 0 Å². The van der Waals surface area contributed by atoms with Gasteiger partial charge in [0.25, 0.3) is 11.8 Å². The van der Waals surface area contributed by atoms with Gasteiger partial charge >= 0.3 is 0 Å². The molecule has 1 heterocycles. The summed E-state index contributed by atoms with van der Waals surface area (Å²) in [5.41, 5.74) is 0.557. The Morgan fingerprint density at radius 3 is 2.06 bits per heavy atom. The van der Waals surface area contributed by atoms with Gasteiger partial charge in [0.1, 0.15) is 23.7 Å². The van der Waals surface area contributed by atoms with Crippen molar-refractivity contribution in [3.05, 3.63) is 71.3 Å². The van der Waals surface area contributed by atoms with Gasteiger partial charge < -0.3 is 16.0 Å². The van der Waals surface area contributed by atoms with Gasteiger partial charge in [0.15, 0.2) is 5.78 Å². The van der Waals surface area contributed by atoms with Gasteiger partial charge in [-0.2, -0.15) is 0 Å². The SMILES string of the molecule is CC(C)C[C@H](NC(=O)c1ccc(F)cc1)C(=O)NC1CN(CCNC(=O)c2ccc(F)cc2)CC1=O. The first kappa shape index (κ1) is 26.9. The molecular weight excluding hydrogens is 470 g/mol. The van der Waals surface area contributed by atoms with Crippen molar-refractivity contribution in [3.63, 3.8) is 0 Å². The van der Waals surface area contributed by atoms with Gasteiger partial charge in [0.05, 0.1) is 6.54 Å². The Labute approximate surface area is 208 Å². The predicted molar refractivity (Wildman–Crippen MR) is 129 cm³/mol. The number of amides is 3. The van der Waals surface area contributed by atoms with Gasteiger partial charge in [-0.05, 0) is 60.9 Å². The second-order valence-electron chi connectivity index (χ2n) is 9.19. The highest BCUT2D eigenvalue weighted by Gasteiger charge is 2.34. The molecule has 10 heteroatoms. The van der Waals surface area contributed by atoms with E-state index < -0.39 is 35.5 Å². The lowest BCUT2D eigenvalue weighted by atomic mass is 10.0. The molecule has 2 aromatic rings. The Morgan fingerprint density at radius 1 is 0.944 bits per heavy atom. The minimum Gasteiger partial charge on any atom is -0.351 e. The third kappa shape index (κ3) is 7.67. The fourth-order valence-electron chi connectivity index (χ4n) is 3.90. The van der Waals surface area contributed by atoms with E-state index in [2.05, 4.69) is 16.0 Å². The summed E-state index contributed by atoms with van der Waals surface area (Å²) < 4.78 is 26.2. The lowest BCUT2D eigenvalue weighted by Gasteiger charge is -2.22. The summed E-state index contributed by atoms with van der Waals surface area (Å²) in [7, 11) is 0. The number of hydrogen-bond acceptors (Lipinski definition) is 5. The summed E-state index contributed by atoms with van der Waals surface area (Å²) in [6, 6.07) is 8.59. The van der Waals surface area contributed by atoms with Crippen LogP contribution in [-0.2, 0) is 9.59 Å². The molecule has 2 atom stereocenters. The van der Waals surface area contributed by atoms with Crippen LogP contribution in [0.1, 0.15) is 41.0 Å². The molecule has 8 nitrogen and oxygen atoms in total. The molecule has 1 aliphatic heterocycles. The number of rotatable bonds is 10. The molecule has 1 aliphatic rings. The van der Waals surface area contributed by atoms with Crippen molar-refractivity contribution >= 4 is 23.5 Å². The minimum absolute atomic E-state index is 0.0924. The van der Waals surface area contributed by atoms with Gasteiger partial charge in [0, 0.05) is 30.8 Å². The standard InChI is InChI=1S/C26H30F2N4O4/c1-16(2)13-21(30-25(35)18-5-9-20(28)10-6-18)26(36)31-22-14-32(15-23(22)33)12-11-29-24(34)17-3-7-19(27)8-4-17/h3-10,16,21-22H,11-15H2,1-2H3,(H,29,34)(H,30,35)(H,31,36)/t21-,22?/m0/s1.